The van der Waals surface area contributed by atoms with Crippen molar-refractivity contribution >= 4 is 86.3 Å². The van der Waals surface area contributed by atoms with Gasteiger partial charge in [-0.15, -0.1) is 0 Å². The van der Waals surface area contributed by atoms with Crippen molar-refractivity contribution < 1.29 is 4.79 Å². The molecule has 5 rings (SSSR count). The molecule has 0 fully saturated rings. The minimum atomic E-state index is -1.88. The van der Waals surface area contributed by atoms with E-state index in [2.05, 4.69) is 123 Å². The number of carbonyl (C=O) groups excluding carboxylic acids is 1. The number of hydrogen-bond donors (Lipinski definition) is 3. The molecule has 0 spiro atoms. The Morgan fingerprint density at radius 2 is 1.11 bits per heavy atom. The fraction of sp³-hybridized carbons (Fsp3) is 0.0857. The molecule has 5 aromatic carbocycles. The van der Waals surface area contributed by atoms with Crippen LogP contribution in [0.5, 0.6) is 0 Å². The number of hydrogen-bond acceptors (Lipinski definition) is 2. The summed E-state index contributed by atoms with van der Waals surface area (Å²) in [6.45, 7) is 0. The van der Waals surface area contributed by atoms with Crippen molar-refractivity contribution in [1.29, 1.82) is 0 Å². The van der Waals surface area contributed by atoms with Crippen LogP contribution < -0.4 is 16.0 Å². The third-order valence-electron chi connectivity index (χ3n) is 7.16. The largest absolute Gasteiger partial charge is 0.339 e. The summed E-state index contributed by atoms with van der Waals surface area (Å²) in [5.41, 5.74) is 5.10. The van der Waals surface area contributed by atoms with Crippen molar-refractivity contribution in [1.82, 2.24) is 10.6 Å². The minimum Gasteiger partial charge on any atom is -0.339 e. The van der Waals surface area contributed by atoms with E-state index in [1.54, 1.807) is 18.2 Å². The van der Waals surface area contributed by atoms with Crippen LogP contribution in [0, 0.1) is 3.57 Å². The quantitative estimate of drug-likeness (QED) is 0.0485. The Labute approximate surface area is 291 Å². The van der Waals surface area contributed by atoms with Gasteiger partial charge in [0.1, 0.15) is 6.17 Å². The van der Waals surface area contributed by atoms with E-state index in [4.69, 9.17) is 47.0 Å². The molecule has 222 valence electrons. The SMILES string of the molecule is O=C(N[C@@H](NC(=S)Nc1ccc(C(c2ccccc2)(c2ccccc2)c2ccccc2)cc1)C(Cl)(Cl)Cl)c1cccc(I)c1. The van der Waals surface area contributed by atoms with E-state index in [9.17, 15) is 4.79 Å². The van der Waals surface area contributed by atoms with E-state index in [-0.39, 0.29) is 5.11 Å². The van der Waals surface area contributed by atoms with Crippen LogP contribution in [0.1, 0.15) is 32.6 Å². The lowest BCUT2D eigenvalue weighted by Gasteiger charge is -2.37. The molecule has 1 atom stereocenters. The molecule has 0 aliphatic rings. The van der Waals surface area contributed by atoms with Crippen molar-refractivity contribution in [2.45, 2.75) is 15.4 Å². The maximum atomic E-state index is 12.9. The van der Waals surface area contributed by atoms with Gasteiger partial charge in [0.15, 0.2) is 5.11 Å². The topological polar surface area (TPSA) is 53.2 Å². The summed E-state index contributed by atoms with van der Waals surface area (Å²) in [5, 5.41) is 8.99. The highest BCUT2D eigenvalue weighted by Gasteiger charge is 2.38. The molecule has 0 radical (unpaired) electrons. The van der Waals surface area contributed by atoms with Gasteiger partial charge in [-0.25, -0.2) is 0 Å². The van der Waals surface area contributed by atoms with Crippen LogP contribution in [0.25, 0.3) is 0 Å². The minimum absolute atomic E-state index is 0.178. The van der Waals surface area contributed by atoms with Crippen molar-refractivity contribution in [2.24, 2.45) is 0 Å². The average molecular weight is 771 g/mol. The molecule has 3 N–H and O–H groups in total. The highest BCUT2D eigenvalue weighted by atomic mass is 127. The van der Waals surface area contributed by atoms with Crippen LogP contribution >= 0.6 is 69.6 Å². The number of anilines is 1. The first-order valence-electron chi connectivity index (χ1n) is 13.7. The van der Waals surface area contributed by atoms with Gasteiger partial charge in [0.05, 0.1) is 5.41 Å². The van der Waals surface area contributed by atoms with Gasteiger partial charge in [-0.2, -0.15) is 0 Å². The van der Waals surface area contributed by atoms with E-state index in [0.717, 1.165) is 31.5 Å². The van der Waals surface area contributed by atoms with Gasteiger partial charge in [-0.05, 0) is 87.4 Å². The first-order chi connectivity index (χ1) is 21.2. The molecule has 0 unspecified atom stereocenters. The number of nitrogens with one attached hydrogen (secondary N) is 3. The lowest BCUT2D eigenvalue weighted by molar-refractivity contribution is 0.0934. The smallest absolute Gasteiger partial charge is 0.253 e. The lowest BCUT2D eigenvalue weighted by Crippen LogP contribution is -2.56. The van der Waals surface area contributed by atoms with Gasteiger partial charge in [-0.1, -0.05) is 144 Å². The normalized spacial score (nSPS) is 12.2. The number of thiocarbonyl (C=S) groups is 1. The van der Waals surface area contributed by atoms with Crippen LogP contribution in [0.4, 0.5) is 5.69 Å². The Kier molecular flexibility index (Phi) is 10.5. The molecule has 4 nitrogen and oxygen atoms in total. The summed E-state index contributed by atoms with van der Waals surface area (Å²) in [6.07, 6.45) is -1.10. The standard InChI is InChI=1S/C35H27Cl3IN3OS/c36-35(37,38)32(41-31(43)24-11-10-18-29(39)23-24)42-33(44)40-30-21-19-28(20-22-30)34(25-12-4-1-5-13-25,26-14-6-2-7-15-26)27-16-8-3-9-17-27/h1-23,32H,(H,41,43)(H2,40,42,44)/t32-/m0/s1. The zero-order chi connectivity index (χ0) is 31.2. The predicted molar refractivity (Wildman–Crippen MR) is 195 cm³/mol. The van der Waals surface area contributed by atoms with Crippen LogP contribution in [0.2, 0.25) is 0 Å². The summed E-state index contributed by atoms with van der Waals surface area (Å²) in [6, 6.07) is 46.6. The second kappa shape index (κ2) is 14.3. The van der Waals surface area contributed by atoms with E-state index >= 15 is 0 Å². The number of benzene rings is 5. The van der Waals surface area contributed by atoms with Crippen LogP contribution in [0.15, 0.2) is 140 Å². The van der Waals surface area contributed by atoms with E-state index in [0.29, 0.717) is 5.56 Å². The second-order valence-electron chi connectivity index (χ2n) is 9.98. The van der Waals surface area contributed by atoms with Gasteiger partial charge < -0.3 is 16.0 Å². The molecule has 0 heterocycles. The van der Waals surface area contributed by atoms with Crippen LogP contribution in [0.3, 0.4) is 0 Å². The van der Waals surface area contributed by atoms with Crippen molar-refractivity contribution in [3.63, 3.8) is 0 Å². The Balaban J connectivity index is 1.43. The zero-order valence-corrected chi connectivity index (χ0v) is 28.4. The first-order valence-corrected chi connectivity index (χ1v) is 16.3. The molecule has 0 aliphatic carbocycles. The maximum absolute atomic E-state index is 12.9. The highest BCUT2D eigenvalue weighted by Crippen LogP contribution is 2.45. The molecule has 0 bridgehead atoms. The third kappa shape index (κ3) is 7.38. The average Bonchev–Trinajstić information content (AvgIpc) is 3.03. The number of rotatable bonds is 8. The Bertz CT molecular complexity index is 1620. The summed E-state index contributed by atoms with van der Waals surface area (Å²) in [7, 11) is 0. The van der Waals surface area contributed by atoms with Gasteiger partial charge in [0.2, 0.25) is 3.79 Å². The van der Waals surface area contributed by atoms with Gasteiger partial charge in [0, 0.05) is 14.8 Å². The van der Waals surface area contributed by atoms with Crippen molar-refractivity contribution in [3.8, 4) is 0 Å². The summed E-state index contributed by atoms with van der Waals surface area (Å²) in [4.78, 5) is 12.9. The Morgan fingerprint density at radius 3 is 1.57 bits per heavy atom. The predicted octanol–water partition coefficient (Wildman–Crippen LogP) is 9.09. The Morgan fingerprint density at radius 1 is 0.636 bits per heavy atom. The summed E-state index contributed by atoms with van der Waals surface area (Å²) in [5.74, 6) is -0.404. The molecular formula is C35H27Cl3IN3OS. The molecule has 0 aromatic heterocycles. The van der Waals surface area contributed by atoms with E-state index < -0.39 is 21.3 Å². The molecule has 0 saturated heterocycles. The van der Waals surface area contributed by atoms with E-state index in [1.807, 2.05) is 36.4 Å². The third-order valence-corrected chi connectivity index (χ3v) is 8.71. The zero-order valence-electron chi connectivity index (χ0n) is 23.2. The Hall–Kier alpha value is -3.14. The second-order valence-corrected chi connectivity index (χ2v) is 14.0. The number of carbonyl (C=O) groups is 1. The fourth-order valence-electron chi connectivity index (χ4n) is 5.21. The molecule has 1 amide bonds. The fourth-order valence-corrected chi connectivity index (χ4v) is 6.32. The number of alkyl halides is 3. The van der Waals surface area contributed by atoms with Crippen molar-refractivity contribution in [3.05, 3.63) is 171 Å². The van der Waals surface area contributed by atoms with Gasteiger partial charge >= 0.3 is 0 Å². The summed E-state index contributed by atoms with van der Waals surface area (Å²) < 4.78 is -0.974. The van der Waals surface area contributed by atoms with Crippen LogP contribution in [-0.2, 0) is 5.41 Å². The van der Waals surface area contributed by atoms with Crippen LogP contribution in [-0.4, -0.2) is 21.0 Å². The molecule has 0 saturated carbocycles. The van der Waals surface area contributed by atoms with Crippen molar-refractivity contribution in [2.75, 3.05) is 5.32 Å². The molecule has 0 aliphatic heterocycles. The molecule has 44 heavy (non-hydrogen) atoms. The molecule has 5 aromatic rings. The summed E-state index contributed by atoms with van der Waals surface area (Å²) >= 11 is 26.3. The van der Waals surface area contributed by atoms with E-state index in [1.165, 1.54) is 0 Å². The number of halogens is 4. The van der Waals surface area contributed by atoms with Gasteiger partial charge in [-0.3, -0.25) is 4.79 Å². The maximum Gasteiger partial charge on any atom is 0.253 e. The monoisotopic (exact) mass is 769 g/mol. The van der Waals surface area contributed by atoms with Gasteiger partial charge in [0.25, 0.3) is 5.91 Å². The first kappa shape index (κ1) is 32.3. The highest BCUT2D eigenvalue weighted by molar-refractivity contribution is 14.1. The molecular weight excluding hydrogens is 744 g/mol. The number of amides is 1. The lowest BCUT2D eigenvalue weighted by atomic mass is 9.65. The molecule has 9 heteroatoms.